The first-order valence-electron chi connectivity index (χ1n) is 5.95. The van der Waals surface area contributed by atoms with Crippen molar-refractivity contribution in [1.82, 2.24) is 4.98 Å². The molecule has 90 valence electrons. The number of hydrogen-bond acceptors (Lipinski definition) is 3. The molecule has 0 radical (unpaired) electrons. The number of nitrogens with two attached hydrogens (primary N) is 1. The highest BCUT2D eigenvalue weighted by Crippen LogP contribution is 2.24. The fraction of sp³-hybridized carbons (Fsp3) is 0.357. The van der Waals surface area contributed by atoms with E-state index in [2.05, 4.69) is 36.2 Å². The fourth-order valence-electron chi connectivity index (χ4n) is 1.83. The van der Waals surface area contributed by atoms with Crippen LogP contribution in [0.4, 0.5) is 0 Å². The molecule has 0 amide bonds. The van der Waals surface area contributed by atoms with Gasteiger partial charge in [0, 0.05) is 22.6 Å². The second-order valence-corrected chi connectivity index (χ2v) is 5.61. The molecule has 0 saturated carbocycles. The molecule has 2 rings (SSSR count). The number of nitrogens with zero attached hydrogens (tertiary/aromatic N) is 1. The average molecular weight is 246 g/mol. The second-order valence-electron chi connectivity index (χ2n) is 4.19. The Hall–Kier alpha value is -1.06. The third kappa shape index (κ3) is 3.20. The molecule has 2 N–H and O–H groups in total. The van der Waals surface area contributed by atoms with Gasteiger partial charge in [-0.1, -0.05) is 25.1 Å². The van der Waals surface area contributed by atoms with Crippen LogP contribution in [0.3, 0.4) is 0 Å². The molecule has 0 spiro atoms. The number of rotatable bonds is 5. The van der Waals surface area contributed by atoms with Crippen molar-refractivity contribution < 1.29 is 0 Å². The van der Waals surface area contributed by atoms with Gasteiger partial charge in [-0.2, -0.15) is 11.8 Å². The second kappa shape index (κ2) is 6.03. The smallest absolute Gasteiger partial charge is 0.0705 e. The van der Waals surface area contributed by atoms with Crippen LogP contribution in [0.5, 0.6) is 0 Å². The maximum atomic E-state index is 5.57. The van der Waals surface area contributed by atoms with Gasteiger partial charge in [0.1, 0.15) is 0 Å². The van der Waals surface area contributed by atoms with Gasteiger partial charge in [0.15, 0.2) is 0 Å². The molecule has 3 heteroatoms. The molecule has 0 saturated heterocycles. The molecule has 0 bridgehead atoms. The predicted molar refractivity (Wildman–Crippen MR) is 76.2 cm³/mol. The van der Waals surface area contributed by atoms with Crippen molar-refractivity contribution >= 4 is 22.7 Å². The number of thioether (sulfide) groups is 1. The van der Waals surface area contributed by atoms with Crippen LogP contribution in [0.2, 0.25) is 0 Å². The zero-order chi connectivity index (χ0) is 12.1. The van der Waals surface area contributed by atoms with Gasteiger partial charge in [0.05, 0.1) is 5.52 Å². The van der Waals surface area contributed by atoms with Gasteiger partial charge in [-0.3, -0.25) is 4.98 Å². The van der Waals surface area contributed by atoms with Gasteiger partial charge in [-0.05, 0) is 30.7 Å². The normalized spacial score (nSPS) is 12.8. The molecule has 2 aromatic rings. The third-order valence-electron chi connectivity index (χ3n) is 2.84. The summed E-state index contributed by atoms with van der Waals surface area (Å²) in [6, 6.07) is 10.4. The van der Waals surface area contributed by atoms with E-state index in [-0.39, 0.29) is 0 Å². The van der Waals surface area contributed by atoms with Crippen LogP contribution in [0.15, 0.2) is 36.5 Å². The predicted octanol–water partition coefficient (Wildman–Crippen LogP) is 3.21. The Balaban J connectivity index is 2.13. The number of para-hydroxylation sites is 1. The van der Waals surface area contributed by atoms with Crippen LogP contribution < -0.4 is 5.73 Å². The lowest BCUT2D eigenvalue weighted by molar-refractivity contribution is 0.823. The lowest BCUT2D eigenvalue weighted by Crippen LogP contribution is -2.07. The van der Waals surface area contributed by atoms with E-state index >= 15 is 0 Å². The first-order valence-corrected chi connectivity index (χ1v) is 7.00. The Morgan fingerprint density at radius 1 is 1.29 bits per heavy atom. The van der Waals surface area contributed by atoms with E-state index < -0.39 is 0 Å². The van der Waals surface area contributed by atoms with Crippen LogP contribution in [0.25, 0.3) is 10.9 Å². The van der Waals surface area contributed by atoms with E-state index in [0.717, 1.165) is 24.2 Å². The first kappa shape index (κ1) is 12.4. The highest BCUT2D eigenvalue weighted by Gasteiger charge is 2.05. The molecule has 17 heavy (non-hydrogen) atoms. The average Bonchev–Trinajstić information content (AvgIpc) is 2.36. The molecule has 0 aliphatic carbocycles. The van der Waals surface area contributed by atoms with Crippen molar-refractivity contribution in [3.05, 3.63) is 42.1 Å². The SMILES string of the molecule is CC(CCN)SCc1ccnc2ccccc12. The largest absolute Gasteiger partial charge is 0.330 e. The molecule has 1 heterocycles. The molecule has 0 fully saturated rings. The van der Waals surface area contributed by atoms with Gasteiger partial charge < -0.3 is 5.73 Å². The molecular formula is C14H18N2S. The number of pyridine rings is 1. The van der Waals surface area contributed by atoms with Crippen molar-refractivity contribution in [2.45, 2.75) is 24.3 Å². The standard InChI is InChI=1S/C14H18N2S/c1-11(6-8-15)17-10-12-7-9-16-14-5-3-2-4-13(12)14/h2-5,7,9,11H,6,8,10,15H2,1H3. The van der Waals surface area contributed by atoms with Crippen molar-refractivity contribution in [1.29, 1.82) is 0 Å². The number of fused-ring (bicyclic) bond motifs is 1. The molecular weight excluding hydrogens is 228 g/mol. The minimum Gasteiger partial charge on any atom is -0.330 e. The van der Waals surface area contributed by atoms with Gasteiger partial charge in [0.2, 0.25) is 0 Å². The molecule has 1 aromatic carbocycles. The molecule has 1 atom stereocenters. The number of hydrogen-bond donors (Lipinski definition) is 1. The first-order chi connectivity index (χ1) is 8.31. The third-order valence-corrected chi connectivity index (χ3v) is 4.12. The fourth-order valence-corrected chi connectivity index (χ4v) is 2.85. The molecule has 1 unspecified atom stereocenters. The topological polar surface area (TPSA) is 38.9 Å². The van der Waals surface area contributed by atoms with Crippen LogP contribution in [-0.2, 0) is 5.75 Å². The van der Waals surface area contributed by atoms with E-state index in [4.69, 9.17) is 5.73 Å². The van der Waals surface area contributed by atoms with E-state index in [1.807, 2.05) is 24.0 Å². The van der Waals surface area contributed by atoms with Gasteiger partial charge in [0.25, 0.3) is 0 Å². The van der Waals surface area contributed by atoms with E-state index in [0.29, 0.717) is 5.25 Å². The van der Waals surface area contributed by atoms with E-state index in [1.54, 1.807) is 0 Å². The Morgan fingerprint density at radius 3 is 2.94 bits per heavy atom. The minimum atomic E-state index is 0.618. The van der Waals surface area contributed by atoms with Crippen LogP contribution in [0, 0.1) is 0 Å². The quantitative estimate of drug-likeness (QED) is 0.880. The summed E-state index contributed by atoms with van der Waals surface area (Å²) in [7, 11) is 0. The number of aromatic nitrogens is 1. The summed E-state index contributed by atoms with van der Waals surface area (Å²) in [5.74, 6) is 1.03. The maximum Gasteiger partial charge on any atom is 0.0705 e. The summed E-state index contributed by atoms with van der Waals surface area (Å²) >= 11 is 1.96. The minimum absolute atomic E-state index is 0.618. The molecule has 1 aromatic heterocycles. The molecule has 0 aliphatic heterocycles. The lowest BCUT2D eigenvalue weighted by Gasteiger charge is -2.10. The number of benzene rings is 1. The Bertz CT molecular complexity index is 479. The summed E-state index contributed by atoms with van der Waals surface area (Å²) in [4.78, 5) is 4.38. The summed E-state index contributed by atoms with van der Waals surface area (Å²) in [5.41, 5.74) is 8.01. The zero-order valence-electron chi connectivity index (χ0n) is 10.1. The molecule has 2 nitrogen and oxygen atoms in total. The van der Waals surface area contributed by atoms with Crippen LogP contribution >= 0.6 is 11.8 Å². The van der Waals surface area contributed by atoms with Crippen molar-refractivity contribution in [2.24, 2.45) is 5.73 Å². The van der Waals surface area contributed by atoms with Crippen molar-refractivity contribution in [3.63, 3.8) is 0 Å². The summed E-state index contributed by atoms with van der Waals surface area (Å²) in [5, 5.41) is 1.88. The summed E-state index contributed by atoms with van der Waals surface area (Å²) < 4.78 is 0. The van der Waals surface area contributed by atoms with Crippen molar-refractivity contribution in [3.8, 4) is 0 Å². The highest BCUT2D eigenvalue weighted by atomic mass is 32.2. The maximum absolute atomic E-state index is 5.57. The van der Waals surface area contributed by atoms with E-state index in [1.165, 1.54) is 10.9 Å². The van der Waals surface area contributed by atoms with Crippen molar-refractivity contribution in [2.75, 3.05) is 6.54 Å². The van der Waals surface area contributed by atoms with Gasteiger partial charge in [-0.25, -0.2) is 0 Å². The Morgan fingerprint density at radius 2 is 2.12 bits per heavy atom. The van der Waals surface area contributed by atoms with E-state index in [9.17, 15) is 0 Å². The highest BCUT2D eigenvalue weighted by molar-refractivity contribution is 7.99. The van der Waals surface area contributed by atoms with Crippen LogP contribution in [0.1, 0.15) is 18.9 Å². The van der Waals surface area contributed by atoms with Gasteiger partial charge in [-0.15, -0.1) is 0 Å². The van der Waals surface area contributed by atoms with Crippen LogP contribution in [-0.4, -0.2) is 16.8 Å². The monoisotopic (exact) mass is 246 g/mol. The summed E-state index contributed by atoms with van der Waals surface area (Å²) in [6.07, 6.45) is 2.97. The Labute approximate surface area is 107 Å². The Kier molecular flexibility index (Phi) is 4.40. The van der Waals surface area contributed by atoms with Gasteiger partial charge >= 0.3 is 0 Å². The summed E-state index contributed by atoms with van der Waals surface area (Å²) in [6.45, 7) is 3.01. The zero-order valence-corrected chi connectivity index (χ0v) is 10.9. The molecule has 0 aliphatic rings. The lowest BCUT2D eigenvalue weighted by atomic mass is 10.1.